The third kappa shape index (κ3) is 6.82. The van der Waals surface area contributed by atoms with Crippen molar-refractivity contribution in [2.75, 3.05) is 7.11 Å². The van der Waals surface area contributed by atoms with Crippen LogP contribution in [0.25, 0.3) is 0 Å². The smallest absolute Gasteiger partial charge is 0.309 e. The summed E-state index contributed by atoms with van der Waals surface area (Å²) in [6, 6.07) is 13.9. The van der Waals surface area contributed by atoms with E-state index in [1.807, 2.05) is 38.1 Å². The quantitative estimate of drug-likeness (QED) is 0.248. The number of Topliss-reactive ketones (excluding diaryl/α,β-unsaturated/α-hetero) is 1. The van der Waals surface area contributed by atoms with Gasteiger partial charge in [-0.05, 0) is 49.6 Å². The minimum Gasteiger partial charge on any atom is -0.493 e. The summed E-state index contributed by atoms with van der Waals surface area (Å²) in [5.74, 6) is -3.11. The molecule has 8 heteroatoms. The number of ether oxygens (including phenoxy) is 3. The van der Waals surface area contributed by atoms with Gasteiger partial charge in [0, 0.05) is 31.5 Å². The van der Waals surface area contributed by atoms with Gasteiger partial charge in [0.05, 0.1) is 13.0 Å². The van der Waals surface area contributed by atoms with Crippen molar-refractivity contribution in [1.82, 2.24) is 4.98 Å². The number of benzene rings is 2. The zero-order valence-corrected chi connectivity index (χ0v) is 22.4. The molecule has 0 saturated heterocycles. The van der Waals surface area contributed by atoms with Crippen molar-refractivity contribution >= 4 is 17.7 Å². The topological polar surface area (TPSA) is 91.8 Å². The minimum absolute atomic E-state index is 0.0901. The largest absolute Gasteiger partial charge is 0.493 e. The third-order valence-electron chi connectivity index (χ3n) is 6.27. The average Bonchev–Trinajstić information content (AvgIpc) is 2.86. The lowest BCUT2D eigenvalue weighted by Gasteiger charge is -2.27. The number of methoxy groups -OCH3 is 1. The Morgan fingerprint density at radius 3 is 2.29 bits per heavy atom. The van der Waals surface area contributed by atoms with E-state index in [4.69, 9.17) is 14.2 Å². The lowest BCUT2D eigenvalue weighted by atomic mass is 9.84. The molecule has 0 aliphatic carbocycles. The van der Waals surface area contributed by atoms with E-state index in [2.05, 4.69) is 4.98 Å². The maximum Gasteiger partial charge on any atom is 0.309 e. The molecule has 200 valence electrons. The number of carbonyl (C=O) groups is 3. The van der Waals surface area contributed by atoms with Crippen molar-refractivity contribution in [3.63, 3.8) is 0 Å². The molecular weight excluding hydrogens is 489 g/mol. The summed E-state index contributed by atoms with van der Waals surface area (Å²) in [6.45, 7) is 8.37. The number of ketones is 1. The van der Waals surface area contributed by atoms with E-state index in [-0.39, 0.29) is 35.3 Å². The Morgan fingerprint density at radius 1 is 1.00 bits per heavy atom. The fourth-order valence-corrected chi connectivity index (χ4v) is 4.32. The van der Waals surface area contributed by atoms with Gasteiger partial charge >= 0.3 is 11.9 Å². The number of carbonyl (C=O) groups excluding carboxylic acids is 3. The molecule has 0 bridgehead atoms. The van der Waals surface area contributed by atoms with Gasteiger partial charge in [0.25, 0.3) is 0 Å². The molecule has 38 heavy (non-hydrogen) atoms. The zero-order valence-electron chi connectivity index (χ0n) is 22.4. The van der Waals surface area contributed by atoms with Crippen LogP contribution < -0.4 is 9.47 Å². The van der Waals surface area contributed by atoms with E-state index in [9.17, 15) is 18.8 Å². The van der Waals surface area contributed by atoms with Crippen molar-refractivity contribution in [3.05, 3.63) is 88.5 Å². The number of pyridine rings is 1. The van der Waals surface area contributed by atoms with Gasteiger partial charge in [-0.2, -0.15) is 0 Å². The average molecular weight is 522 g/mol. The second-order valence-corrected chi connectivity index (χ2v) is 9.34. The molecule has 0 saturated carbocycles. The standard InChI is InChI=1S/C30H32FNO6/c1-17-7-9-22(10-8-17)27(24-12-11-23(31)15-18(24)2)20(4)37-30(35)19(3)16-25(34)28-29(38-21(5)33)26(36-6)13-14-32-28/h7-15,19-20,27H,16H2,1-6H3/t19-,20+,27+/m1/s1. The fraction of sp³-hybridized carbons (Fsp3) is 0.333. The first-order chi connectivity index (χ1) is 18.0. The Bertz CT molecular complexity index is 1320. The Labute approximate surface area is 222 Å². The van der Waals surface area contributed by atoms with Gasteiger partial charge in [-0.1, -0.05) is 42.8 Å². The molecule has 1 heterocycles. The molecule has 1 aromatic heterocycles. The van der Waals surface area contributed by atoms with Gasteiger partial charge in [-0.25, -0.2) is 9.37 Å². The first-order valence-corrected chi connectivity index (χ1v) is 12.3. The highest BCUT2D eigenvalue weighted by Gasteiger charge is 2.30. The van der Waals surface area contributed by atoms with Crippen LogP contribution in [-0.4, -0.2) is 35.9 Å². The number of nitrogens with zero attached hydrogens (tertiary/aromatic N) is 1. The molecule has 3 aromatic rings. The fourth-order valence-electron chi connectivity index (χ4n) is 4.32. The van der Waals surface area contributed by atoms with Crippen LogP contribution in [0.5, 0.6) is 11.5 Å². The van der Waals surface area contributed by atoms with Gasteiger partial charge in [0.2, 0.25) is 5.75 Å². The highest BCUT2D eigenvalue weighted by atomic mass is 19.1. The third-order valence-corrected chi connectivity index (χ3v) is 6.27. The molecular formula is C30H32FNO6. The highest BCUT2D eigenvalue weighted by Crippen LogP contribution is 2.34. The maximum atomic E-state index is 13.8. The van der Waals surface area contributed by atoms with Crippen LogP contribution in [0.2, 0.25) is 0 Å². The van der Waals surface area contributed by atoms with Crippen LogP contribution in [0, 0.1) is 25.6 Å². The van der Waals surface area contributed by atoms with Crippen LogP contribution in [0.1, 0.15) is 65.9 Å². The molecule has 0 amide bonds. The molecule has 0 unspecified atom stereocenters. The first kappa shape index (κ1) is 28.5. The SMILES string of the molecule is COc1ccnc(C(=O)C[C@@H](C)C(=O)O[C@@H](C)[C@@H](c2ccc(C)cc2)c2ccc(F)cc2C)c1OC(C)=O. The lowest BCUT2D eigenvalue weighted by molar-refractivity contribution is -0.153. The molecule has 0 aliphatic rings. The van der Waals surface area contributed by atoms with Crippen molar-refractivity contribution in [1.29, 1.82) is 0 Å². The summed E-state index contributed by atoms with van der Waals surface area (Å²) in [5.41, 5.74) is 3.47. The van der Waals surface area contributed by atoms with Gasteiger partial charge in [-0.3, -0.25) is 14.4 Å². The van der Waals surface area contributed by atoms with Crippen molar-refractivity contribution < 1.29 is 33.0 Å². The van der Waals surface area contributed by atoms with Crippen molar-refractivity contribution in [3.8, 4) is 11.5 Å². The number of rotatable bonds is 10. The van der Waals surface area contributed by atoms with E-state index in [1.54, 1.807) is 19.9 Å². The van der Waals surface area contributed by atoms with Crippen LogP contribution in [0.3, 0.4) is 0 Å². The van der Waals surface area contributed by atoms with E-state index in [0.717, 1.165) is 22.3 Å². The van der Waals surface area contributed by atoms with Crippen molar-refractivity contribution in [2.24, 2.45) is 5.92 Å². The molecule has 0 radical (unpaired) electrons. The molecule has 0 fully saturated rings. The Kier molecular flexibility index (Phi) is 9.34. The Morgan fingerprint density at radius 2 is 1.68 bits per heavy atom. The van der Waals surface area contributed by atoms with Crippen LogP contribution >= 0.6 is 0 Å². The minimum atomic E-state index is -0.809. The molecule has 3 atom stereocenters. The second kappa shape index (κ2) is 12.4. The molecule has 2 aromatic carbocycles. The molecule has 7 nitrogen and oxygen atoms in total. The summed E-state index contributed by atoms with van der Waals surface area (Å²) >= 11 is 0. The number of esters is 2. The number of halogens is 1. The van der Waals surface area contributed by atoms with E-state index < -0.39 is 29.7 Å². The molecule has 0 aliphatic heterocycles. The highest BCUT2D eigenvalue weighted by molar-refractivity contribution is 5.99. The monoisotopic (exact) mass is 521 g/mol. The lowest BCUT2D eigenvalue weighted by Crippen LogP contribution is -2.28. The number of hydrogen-bond acceptors (Lipinski definition) is 7. The summed E-state index contributed by atoms with van der Waals surface area (Å²) in [6.07, 6.45) is 0.532. The predicted octanol–water partition coefficient (Wildman–Crippen LogP) is 5.74. The maximum absolute atomic E-state index is 13.8. The van der Waals surface area contributed by atoms with Gasteiger partial charge in [0.1, 0.15) is 11.9 Å². The van der Waals surface area contributed by atoms with Crippen molar-refractivity contribution in [2.45, 2.75) is 53.1 Å². The molecule has 0 spiro atoms. The van der Waals surface area contributed by atoms with Gasteiger partial charge in [0.15, 0.2) is 17.2 Å². The normalized spacial score (nSPS) is 13.2. The first-order valence-electron chi connectivity index (χ1n) is 12.3. The Hall–Kier alpha value is -4.07. The summed E-state index contributed by atoms with van der Waals surface area (Å²) in [4.78, 5) is 41.8. The van der Waals surface area contributed by atoms with Crippen LogP contribution in [0.15, 0.2) is 54.7 Å². The van der Waals surface area contributed by atoms with E-state index in [0.29, 0.717) is 0 Å². The summed E-state index contributed by atoms with van der Waals surface area (Å²) < 4.78 is 30.0. The predicted molar refractivity (Wildman–Crippen MR) is 140 cm³/mol. The van der Waals surface area contributed by atoms with Gasteiger partial charge in [-0.15, -0.1) is 0 Å². The summed E-state index contributed by atoms with van der Waals surface area (Å²) in [7, 11) is 1.38. The summed E-state index contributed by atoms with van der Waals surface area (Å²) in [5, 5.41) is 0. The van der Waals surface area contributed by atoms with Crippen LogP contribution in [0.4, 0.5) is 4.39 Å². The zero-order chi connectivity index (χ0) is 28.0. The molecule has 0 N–H and O–H groups in total. The van der Waals surface area contributed by atoms with E-state index in [1.165, 1.54) is 38.4 Å². The van der Waals surface area contributed by atoms with E-state index >= 15 is 0 Å². The number of aromatic nitrogens is 1. The second-order valence-electron chi connectivity index (χ2n) is 9.34. The van der Waals surface area contributed by atoms with Gasteiger partial charge < -0.3 is 14.2 Å². The van der Waals surface area contributed by atoms with Crippen LogP contribution in [-0.2, 0) is 14.3 Å². The number of hydrogen-bond donors (Lipinski definition) is 0. The Balaban J connectivity index is 1.82. The molecule has 3 rings (SSSR count). The number of aryl methyl sites for hydroxylation is 2.